The van der Waals surface area contributed by atoms with Gasteiger partial charge in [-0.1, -0.05) is 30.5 Å². The molecule has 1 aliphatic rings. The first-order chi connectivity index (χ1) is 10.2. The number of hydrogen-bond donors (Lipinski definition) is 1. The van der Waals surface area contributed by atoms with Gasteiger partial charge in [0.2, 0.25) is 5.91 Å². The number of methoxy groups -OCH3 is 1. The van der Waals surface area contributed by atoms with Crippen LogP contribution in [0.25, 0.3) is 0 Å². The van der Waals surface area contributed by atoms with Crippen molar-refractivity contribution in [3.05, 3.63) is 28.8 Å². The predicted molar refractivity (Wildman–Crippen MR) is 84.8 cm³/mol. The molecule has 0 radical (unpaired) electrons. The second-order valence-electron chi connectivity index (χ2n) is 5.32. The number of carbonyl (C=O) groups excluding carboxylic acids is 1. The molecule has 1 heterocycles. The number of hydrogen-bond acceptors (Lipinski definition) is 3. The molecule has 1 aromatic rings. The number of likely N-dealkylation sites (tertiary alicyclic amines) is 1. The zero-order valence-corrected chi connectivity index (χ0v) is 13.3. The van der Waals surface area contributed by atoms with Crippen LogP contribution in [0.2, 0.25) is 5.02 Å². The van der Waals surface area contributed by atoms with Crippen LogP contribution < -0.4 is 10.1 Å². The first-order valence-electron chi connectivity index (χ1n) is 7.52. The van der Waals surface area contributed by atoms with E-state index in [4.69, 9.17) is 16.3 Å². The van der Waals surface area contributed by atoms with Crippen molar-refractivity contribution in [1.29, 1.82) is 0 Å². The molecule has 0 atom stereocenters. The Labute approximate surface area is 131 Å². The van der Waals surface area contributed by atoms with E-state index in [-0.39, 0.29) is 5.91 Å². The lowest BCUT2D eigenvalue weighted by Gasteiger charge is -2.20. The number of halogens is 1. The summed E-state index contributed by atoms with van der Waals surface area (Å²) < 4.78 is 5.30. The third-order valence-corrected chi connectivity index (χ3v) is 4.19. The van der Waals surface area contributed by atoms with Gasteiger partial charge in [-0.15, -0.1) is 0 Å². The average molecular weight is 311 g/mol. The van der Waals surface area contributed by atoms with E-state index in [1.54, 1.807) is 7.11 Å². The molecule has 21 heavy (non-hydrogen) atoms. The molecule has 1 saturated heterocycles. The number of carbonyl (C=O) groups is 1. The molecule has 0 aliphatic carbocycles. The van der Waals surface area contributed by atoms with E-state index in [0.717, 1.165) is 37.2 Å². The highest BCUT2D eigenvalue weighted by Crippen LogP contribution is 2.25. The highest BCUT2D eigenvalue weighted by atomic mass is 35.5. The molecule has 0 saturated carbocycles. The summed E-state index contributed by atoms with van der Waals surface area (Å²) >= 11 is 6.18. The van der Waals surface area contributed by atoms with Crippen LogP contribution in [0.5, 0.6) is 5.75 Å². The van der Waals surface area contributed by atoms with Gasteiger partial charge in [-0.05, 0) is 25.0 Å². The quantitative estimate of drug-likeness (QED) is 0.909. The van der Waals surface area contributed by atoms with Gasteiger partial charge in [-0.3, -0.25) is 4.79 Å². The zero-order chi connectivity index (χ0) is 15.1. The van der Waals surface area contributed by atoms with Crippen molar-refractivity contribution >= 4 is 17.5 Å². The minimum Gasteiger partial charge on any atom is -0.496 e. The van der Waals surface area contributed by atoms with Gasteiger partial charge in [0.15, 0.2) is 0 Å². The van der Waals surface area contributed by atoms with Crippen LogP contribution >= 0.6 is 11.6 Å². The predicted octanol–water partition coefficient (Wildman–Crippen LogP) is 2.84. The molecule has 1 amide bonds. The summed E-state index contributed by atoms with van der Waals surface area (Å²) in [5.74, 6) is 0.917. The maximum absolute atomic E-state index is 12.2. The smallest absolute Gasteiger partial charge is 0.236 e. The number of ether oxygens (including phenoxy) is 1. The van der Waals surface area contributed by atoms with Crippen LogP contribution in [0.3, 0.4) is 0 Å². The number of nitrogens with one attached hydrogen (secondary N) is 1. The first kappa shape index (κ1) is 16.1. The average Bonchev–Trinajstić information content (AvgIpc) is 2.77. The van der Waals surface area contributed by atoms with Crippen LogP contribution in [0.4, 0.5) is 0 Å². The van der Waals surface area contributed by atoms with Crippen molar-refractivity contribution in [1.82, 2.24) is 10.2 Å². The third kappa shape index (κ3) is 4.61. The van der Waals surface area contributed by atoms with E-state index in [1.807, 2.05) is 23.1 Å². The summed E-state index contributed by atoms with van der Waals surface area (Å²) in [4.78, 5) is 14.1. The van der Waals surface area contributed by atoms with Crippen LogP contribution in [-0.2, 0) is 11.3 Å². The molecule has 0 bridgehead atoms. The summed E-state index contributed by atoms with van der Waals surface area (Å²) in [6.45, 7) is 2.64. The van der Waals surface area contributed by atoms with Gasteiger partial charge in [0.05, 0.1) is 13.7 Å². The Kier molecular flexibility index (Phi) is 6.33. The highest BCUT2D eigenvalue weighted by Gasteiger charge is 2.15. The Balaban J connectivity index is 1.85. The Hall–Kier alpha value is -1.26. The van der Waals surface area contributed by atoms with Crippen molar-refractivity contribution in [2.24, 2.45) is 0 Å². The molecule has 5 heteroatoms. The minimum absolute atomic E-state index is 0.169. The van der Waals surface area contributed by atoms with Gasteiger partial charge < -0.3 is 15.0 Å². The third-order valence-electron chi connectivity index (χ3n) is 3.83. The van der Waals surface area contributed by atoms with Crippen LogP contribution in [0, 0.1) is 0 Å². The molecule has 0 spiro atoms. The lowest BCUT2D eigenvalue weighted by molar-refractivity contribution is -0.130. The summed E-state index contributed by atoms with van der Waals surface area (Å²) in [5.41, 5.74) is 0.894. The fraction of sp³-hybridized carbons (Fsp3) is 0.562. The number of rotatable bonds is 5. The van der Waals surface area contributed by atoms with E-state index < -0.39 is 0 Å². The van der Waals surface area contributed by atoms with Gasteiger partial charge in [-0.25, -0.2) is 0 Å². The Bertz CT molecular complexity index is 471. The SMILES string of the molecule is COc1cccc(Cl)c1CNCC(=O)N1CCCCCC1. The maximum atomic E-state index is 12.2. The van der Waals surface area contributed by atoms with Crippen molar-refractivity contribution in [2.45, 2.75) is 32.2 Å². The maximum Gasteiger partial charge on any atom is 0.236 e. The van der Waals surface area contributed by atoms with Crippen molar-refractivity contribution in [2.75, 3.05) is 26.7 Å². The second kappa shape index (κ2) is 8.25. The van der Waals surface area contributed by atoms with Crippen LogP contribution in [-0.4, -0.2) is 37.6 Å². The monoisotopic (exact) mass is 310 g/mol. The van der Waals surface area contributed by atoms with E-state index >= 15 is 0 Å². The molecule has 4 nitrogen and oxygen atoms in total. The van der Waals surface area contributed by atoms with E-state index in [2.05, 4.69) is 5.32 Å². The summed E-state index contributed by atoms with van der Waals surface area (Å²) in [7, 11) is 1.62. The number of nitrogens with zero attached hydrogens (tertiary/aromatic N) is 1. The van der Waals surface area contributed by atoms with E-state index in [1.165, 1.54) is 12.8 Å². The molecular weight excluding hydrogens is 288 g/mol. The molecule has 1 aromatic carbocycles. The molecule has 1 fully saturated rings. The molecule has 116 valence electrons. The fourth-order valence-corrected chi connectivity index (χ4v) is 2.86. The van der Waals surface area contributed by atoms with Crippen molar-refractivity contribution in [3.63, 3.8) is 0 Å². The molecule has 1 aliphatic heterocycles. The van der Waals surface area contributed by atoms with Crippen molar-refractivity contribution < 1.29 is 9.53 Å². The first-order valence-corrected chi connectivity index (χ1v) is 7.90. The standard InChI is InChI=1S/C16H23ClN2O2/c1-21-15-8-6-7-14(17)13(15)11-18-12-16(20)19-9-4-2-3-5-10-19/h6-8,18H,2-5,9-12H2,1H3. The highest BCUT2D eigenvalue weighted by molar-refractivity contribution is 6.31. The number of benzene rings is 1. The van der Waals surface area contributed by atoms with Gasteiger partial charge in [-0.2, -0.15) is 0 Å². The van der Waals surface area contributed by atoms with Gasteiger partial charge in [0, 0.05) is 30.2 Å². The van der Waals surface area contributed by atoms with Gasteiger partial charge >= 0.3 is 0 Å². The molecule has 2 rings (SSSR count). The molecule has 0 aromatic heterocycles. The summed E-state index contributed by atoms with van der Waals surface area (Å²) in [6, 6.07) is 5.56. The molecule has 1 N–H and O–H groups in total. The van der Waals surface area contributed by atoms with E-state index in [9.17, 15) is 4.79 Å². The van der Waals surface area contributed by atoms with Gasteiger partial charge in [0.1, 0.15) is 5.75 Å². The summed E-state index contributed by atoms with van der Waals surface area (Å²) in [5, 5.41) is 3.84. The summed E-state index contributed by atoms with van der Waals surface area (Å²) in [6.07, 6.45) is 4.69. The topological polar surface area (TPSA) is 41.6 Å². The zero-order valence-electron chi connectivity index (χ0n) is 12.5. The van der Waals surface area contributed by atoms with Crippen LogP contribution in [0.15, 0.2) is 18.2 Å². The Morgan fingerprint density at radius 3 is 2.67 bits per heavy atom. The van der Waals surface area contributed by atoms with E-state index in [0.29, 0.717) is 18.1 Å². The largest absolute Gasteiger partial charge is 0.496 e. The Morgan fingerprint density at radius 1 is 1.29 bits per heavy atom. The minimum atomic E-state index is 0.169. The van der Waals surface area contributed by atoms with Crippen molar-refractivity contribution in [3.8, 4) is 5.75 Å². The van der Waals surface area contributed by atoms with Gasteiger partial charge in [0.25, 0.3) is 0 Å². The lowest BCUT2D eigenvalue weighted by Crippen LogP contribution is -2.38. The Morgan fingerprint density at radius 2 is 2.00 bits per heavy atom. The molecule has 0 unspecified atom stereocenters. The normalized spacial score (nSPS) is 15.6. The fourth-order valence-electron chi connectivity index (χ4n) is 2.63. The van der Waals surface area contributed by atoms with Crippen LogP contribution in [0.1, 0.15) is 31.2 Å². The molecular formula is C16H23ClN2O2. The lowest BCUT2D eigenvalue weighted by atomic mass is 10.2. The second-order valence-corrected chi connectivity index (χ2v) is 5.73. The number of amides is 1.